The van der Waals surface area contributed by atoms with Crippen LogP contribution in [0.4, 0.5) is 4.79 Å². The van der Waals surface area contributed by atoms with Crippen LogP contribution in [-0.4, -0.2) is 34.7 Å². The maximum absolute atomic E-state index is 12.3. The molecule has 1 unspecified atom stereocenters. The van der Waals surface area contributed by atoms with Gasteiger partial charge in [-0.2, -0.15) is 0 Å². The molecule has 2 amide bonds. The van der Waals surface area contributed by atoms with Crippen molar-refractivity contribution in [2.45, 2.75) is 38.8 Å². The fourth-order valence-electron chi connectivity index (χ4n) is 2.48. The molecule has 0 saturated heterocycles. The standard InChI is InChI=1S/C15H22N2O2/c1-15(2,3)16-14(19)17-9-8-11-6-4-5-7-12(11)13(17)10-18/h4-7,13,18H,8-10H2,1-3H3,(H,16,19). The summed E-state index contributed by atoms with van der Waals surface area (Å²) in [7, 11) is 0. The van der Waals surface area contributed by atoms with Gasteiger partial charge >= 0.3 is 6.03 Å². The maximum Gasteiger partial charge on any atom is 0.318 e. The highest BCUT2D eigenvalue weighted by molar-refractivity contribution is 5.76. The number of hydrogen-bond donors (Lipinski definition) is 2. The smallest absolute Gasteiger partial charge is 0.318 e. The van der Waals surface area contributed by atoms with Crippen molar-refractivity contribution in [3.63, 3.8) is 0 Å². The summed E-state index contributed by atoms with van der Waals surface area (Å²) >= 11 is 0. The zero-order valence-corrected chi connectivity index (χ0v) is 11.8. The second-order valence-corrected chi connectivity index (χ2v) is 6.02. The van der Waals surface area contributed by atoms with Gasteiger partial charge in [0.1, 0.15) is 0 Å². The van der Waals surface area contributed by atoms with Gasteiger partial charge in [0.05, 0.1) is 12.6 Å². The Bertz CT molecular complexity index is 465. The molecule has 1 aliphatic heterocycles. The van der Waals surface area contributed by atoms with E-state index in [4.69, 9.17) is 0 Å². The molecule has 4 heteroatoms. The third-order valence-electron chi connectivity index (χ3n) is 3.33. The van der Waals surface area contributed by atoms with Crippen molar-refractivity contribution in [2.75, 3.05) is 13.2 Å². The number of hydrogen-bond acceptors (Lipinski definition) is 2. The number of fused-ring (bicyclic) bond motifs is 1. The monoisotopic (exact) mass is 262 g/mol. The Balaban J connectivity index is 2.22. The van der Waals surface area contributed by atoms with E-state index in [9.17, 15) is 9.90 Å². The third kappa shape index (κ3) is 3.07. The normalized spacial score (nSPS) is 18.9. The van der Waals surface area contributed by atoms with Crippen LogP contribution in [0.25, 0.3) is 0 Å². The van der Waals surface area contributed by atoms with Crippen molar-refractivity contribution in [1.82, 2.24) is 10.2 Å². The molecule has 4 nitrogen and oxygen atoms in total. The number of nitrogens with one attached hydrogen (secondary N) is 1. The van der Waals surface area contributed by atoms with Crippen LogP contribution in [0.2, 0.25) is 0 Å². The first-order valence-electron chi connectivity index (χ1n) is 6.70. The summed E-state index contributed by atoms with van der Waals surface area (Å²) < 4.78 is 0. The topological polar surface area (TPSA) is 52.6 Å². The summed E-state index contributed by atoms with van der Waals surface area (Å²) in [4.78, 5) is 14.0. The zero-order valence-electron chi connectivity index (χ0n) is 11.8. The minimum absolute atomic E-state index is 0.0470. The summed E-state index contributed by atoms with van der Waals surface area (Å²) in [6.07, 6.45) is 0.838. The first kappa shape index (κ1) is 13.9. The zero-order chi connectivity index (χ0) is 14.0. The molecule has 0 radical (unpaired) electrons. The van der Waals surface area contributed by atoms with Gasteiger partial charge in [0.2, 0.25) is 0 Å². The lowest BCUT2D eigenvalue weighted by Crippen LogP contribution is -2.52. The lowest BCUT2D eigenvalue weighted by Gasteiger charge is -2.38. The number of nitrogens with zero attached hydrogens (tertiary/aromatic N) is 1. The van der Waals surface area contributed by atoms with Crippen LogP contribution in [0.5, 0.6) is 0 Å². The van der Waals surface area contributed by atoms with Crippen LogP contribution < -0.4 is 5.32 Å². The molecule has 1 heterocycles. The van der Waals surface area contributed by atoms with Gasteiger partial charge in [-0.1, -0.05) is 24.3 Å². The van der Waals surface area contributed by atoms with Gasteiger partial charge < -0.3 is 15.3 Å². The van der Waals surface area contributed by atoms with Crippen molar-refractivity contribution in [3.8, 4) is 0 Å². The molecule has 0 aliphatic carbocycles. The predicted octanol–water partition coefficient (Wildman–Crippen LogP) is 2.09. The van der Waals surface area contributed by atoms with Crippen molar-refractivity contribution in [3.05, 3.63) is 35.4 Å². The SMILES string of the molecule is CC(C)(C)NC(=O)N1CCc2ccccc2C1CO. The molecular formula is C15H22N2O2. The van der Waals surface area contributed by atoms with Gasteiger partial charge in [0.15, 0.2) is 0 Å². The average molecular weight is 262 g/mol. The molecule has 0 saturated carbocycles. The first-order valence-corrected chi connectivity index (χ1v) is 6.70. The molecule has 0 bridgehead atoms. The van der Waals surface area contributed by atoms with E-state index in [0.717, 1.165) is 12.0 Å². The molecule has 0 spiro atoms. The van der Waals surface area contributed by atoms with E-state index >= 15 is 0 Å². The molecule has 0 aromatic heterocycles. The average Bonchev–Trinajstić information content (AvgIpc) is 2.35. The molecule has 19 heavy (non-hydrogen) atoms. The van der Waals surface area contributed by atoms with Crippen molar-refractivity contribution >= 4 is 6.03 Å². The molecule has 2 N–H and O–H groups in total. The molecule has 104 valence electrons. The van der Waals surface area contributed by atoms with Gasteiger partial charge in [-0.15, -0.1) is 0 Å². The molecule has 0 fully saturated rings. The molecule has 1 aliphatic rings. The lowest BCUT2D eigenvalue weighted by molar-refractivity contribution is 0.122. The second-order valence-electron chi connectivity index (χ2n) is 6.02. The van der Waals surface area contributed by atoms with E-state index in [2.05, 4.69) is 11.4 Å². The quantitative estimate of drug-likeness (QED) is 0.814. The Labute approximate surface area is 114 Å². The summed E-state index contributed by atoms with van der Waals surface area (Å²) in [5.41, 5.74) is 2.01. The Morgan fingerprint density at radius 3 is 2.74 bits per heavy atom. The van der Waals surface area contributed by atoms with Crippen molar-refractivity contribution in [1.29, 1.82) is 0 Å². The summed E-state index contributed by atoms with van der Waals surface area (Å²) in [6, 6.07) is 7.66. The van der Waals surface area contributed by atoms with Crippen LogP contribution in [0.15, 0.2) is 24.3 Å². The highest BCUT2D eigenvalue weighted by Crippen LogP contribution is 2.29. The summed E-state index contributed by atoms with van der Waals surface area (Å²) in [5, 5.41) is 12.6. The maximum atomic E-state index is 12.3. The van der Waals surface area contributed by atoms with E-state index in [0.29, 0.717) is 6.54 Å². The number of aliphatic hydroxyl groups is 1. The van der Waals surface area contributed by atoms with Crippen molar-refractivity contribution in [2.24, 2.45) is 0 Å². The van der Waals surface area contributed by atoms with E-state index in [1.54, 1.807) is 4.90 Å². The molecular weight excluding hydrogens is 240 g/mol. The van der Waals surface area contributed by atoms with E-state index < -0.39 is 0 Å². The van der Waals surface area contributed by atoms with Crippen LogP contribution >= 0.6 is 0 Å². The van der Waals surface area contributed by atoms with Crippen LogP contribution in [0, 0.1) is 0 Å². The number of carbonyl (C=O) groups is 1. The largest absolute Gasteiger partial charge is 0.394 e. The van der Waals surface area contributed by atoms with E-state index in [1.807, 2.05) is 39.0 Å². The Kier molecular flexibility index (Phi) is 3.80. The highest BCUT2D eigenvalue weighted by atomic mass is 16.3. The number of aliphatic hydroxyl groups excluding tert-OH is 1. The number of rotatable bonds is 1. The predicted molar refractivity (Wildman–Crippen MR) is 75.0 cm³/mol. The summed E-state index contributed by atoms with van der Waals surface area (Å²) in [5.74, 6) is 0. The van der Waals surface area contributed by atoms with E-state index in [-0.39, 0.29) is 24.2 Å². The Hall–Kier alpha value is -1.55. The van der Waals surface area contributed by atoms with E-state index in [1.165, 1.54) is 5.56 Å². The molecule has 1 aromatic rings. The molecule has 2 rings (SSSR count). The van der Waals surface area contributed by atoms with Gasteiger partial charge in [-0.05, 0) is 38.3 Å². The molecule has 1 aromatic carbocycles. The minimum Gasteiger partial charge on any atom is -0.394 e. The third-order valence-corrected chi connectivity index (χ3v) is 3.33. The van der Waals surface area contributed by atoms with Gasteiger partial charge in [-0.3, -0.25) is 0 Å². The number of urea groups is 1. The van der Waals surface area contributed by atoms with Gasteiger partial charge in [0.25, 0.3) is 0 Å². The number of amides is 2. The number of carbonyl (C=O) groups excluding carboxylic acids is 1. The van der Waals surface area contributed by atoms with Crippen LogP contribution in [0.1, 0.15) is 37.9 Å². The fourth-order valence-corrected chi connectivity index (χ4v) is 2.48. The fraction of sp³-hybridized carbons (Fsp3) is 0.533. The Morgan fingerprint density at radius 2 is 2.11 bits per heavy atom. The highest BCUT2D eigenvalue weighted by Gasteiger charge is 2.31. The molecule has 1 atom stereocenters. The number of benzene rings is 1. The first-order chi connectivity index (χ1) is 8.92. The summed E-state index contributed by atoms with van der Waals surface area (Å²) in [6.45, 7) is 6.46. The minimum atomic E-state index is -0.270. The van der Waals surface area contributed by atoms with Gasteiger partial charge in [-0.25, -0.2) is 4.79 Å². The van der Waals surface area contributed by atoms with Crippen LogP contribution in [0.3, 0.4) is 0 Å². The van der Waals surface area contributed by atoms with Crippen molar-refractivity contribution < 1.29 is 9.90 Å². The second kappa shape index (κ2) is 5.21. The van der Waals surface area contributed by atoms with Gasteiger partial charge in [0, 0.05) is 12.1 Å². The lowest BCUT2D eigenvalue weighted by atomic mass is 9.93. The van der Waals surface area contributed by atoms with Crippen LogP contribution in [-0.2, 0) is 6.42 Å². The Morgan fingerprint density at radius 1 is 1.42 bits per heavy atom.